The van der Waals surface area contributed by atoms with Gasteiger partial charge in [0.05, 0.1) is 17.9 Å². The number of esters is 3. The second-order valence-corrected chi connectivity index (χ2v) is 18.7. The van der Waals surface area contributed by atoms with Crippen LogP contribution in [0, 0.1) is 17.8 Å². The van der Waals surface area contributed by atoms with Gasteiger partial charge in [0.15, 0.2) is 0 Å². The van der Waals surface area contributed by atoms with Crippen LogP contribution < -0.4 is 5.32 Å². The standard InChI is InChI=1S/C29H53NO5.C22H42O3/c1-5-7-9-11-12-13-14-15-16-18-24(34-29(33)26(30-22-31)20-23(3)4)21-27-25(28(32)35-27)19-17-10-8-6-2;1-3-5-7-9-10-11-12-13-14-16-19(23)18-21-20(22(24)25-21)17-15-8-6-4-2/h22-27H,5-21H2,1-4H3,(H,30,31);19-21,23H,3-18H2,1-2H3/t24-,25-,26-,27-;19-,20+,21+/m01/s1. The lowest BCUT2D eigenvalue weighted by Gasteiger charge is -2.37. The summed E-state index contributed by atoms with van der Waals surface area (Å²) >= 11 is 0. The lowest BCUT2D eigenvalue weighted by molar-refractivity contribution is -0.191. The first-order chi connectivity index (χ1) is 29.1. The molecule has 0 aromatic carbocycles. The summed E-state index contributed by atoms with van der Waals surface area (Å²) in [6.07, 6.45) is 37.1. The van der Waals surface area contributed by atoms with Gasteiger partial charge >= 0.3 is 17.9 Å². The van der Waals surface area contributed by atoms with Crippen LogP contribution >= 0.6 is 0 Å². The van der Waals surface area contributed by atoms with Gasteiger partial charge in [0.25, 0.3) is 0 Å². The lowest BCUT2D eigenvalue weighted by Crippen LogP contribution is -2.48. The van der Waals surface area contributed by atoms with Gasteiger partial charge in [-0.15, -0.1) is 0 Å². The number of ether oxygens (including phenoxy) is 3. The molecule has 2 fully saturated rings. The van der Waals surface area contributed by atoms with Gasteiger partial charge in [-0.05, 0) is 44.4 Å². The van der Waals surface area contributed by atoms with E-state index in [0.717, 1.165) is 64.2 Å². The summed E-state index contributed by atoms with van der Waals surface area (Å²) in [4.78, 5) is 47.6. The van der Waals surface area contributed by atoms with Gasteiger partial charge < -0.3 is 24.6 Å². The van der Waals surface area contributed by atoms with E-state index in [-0.39, 0.29) is 60.1 Å². The number of unbranched alkanes of at least 4 members (excludes halogenated alkanes) is 22. The summed E-state index contributed by atoms with van der Waals surface area (Å²) in [6.45, 7) is 12.9. The fourth-order valence-corrected chi connectivity index (χ4v) is 8.69. The van der Waals surface area contributed by atoms with Gasteiger partial charge in [-0.1, -0.05) is 202 Å². The summed E-state index contributed by atoms with van der Waals surface area (Å²) in [6, 6.07) is -0.632. The van der Waals surface area contributed by atoms with Gasteiger partial charge in [0, 0.05) is 12.8 Å². The van der Waals surface area contributed by atoms with E-state index >= 15 is 0 Å². The van der Waals surface area contributed by atoms with Crippen molar-refractivity contribution in [2.24, 2.45) is 17.8 Å². The topological polar surface area (TPSA) is 128 Å². The van der Waals surface area contributed by atoms with Crippen LogP contribution in [-0.2, 0) is 33.4 Å². The number of rotatable bonds is 40. The zero-order valence-electron chi connectivity index (χ0n) is 39.8. The van der Waals surface area contributed by atoms with E-state index in [1.165, 1.54) is 128 Å². The molecule has 9 nitrogen and oxygen atoms in total. The quantitative estimate of drug-likeness (QED) is 0.0270. The molecular weight excluding hydrogens is 755 g/mol. The molecule has 2 saturated heterocycles. The van der Waals surface area contributed by atoms with Crippen LogP contribution in [0.4, 0.5) is 0 Å². The normalized spacial score (nSPS) is 19.9. The van der Waals surface area contributed by atoms with Crippen LogP contribution in [0.5, 0.6) is 0 Å². The number of cyclic esters (lactones) is 2. The number of aliphatic hydroxyl groups excluding tert-OH is 1. The van der Waals surface area contributed by atoms with Gasteiger partial charge in [-0.25, -0.2) is 4.79 Å². The lowest BCUT2D eigenvalue weighted by atomic mass is 9.86. The van der Waals surface area contributed by atoms with Gasteiger partial charge in [-0.2, -0.15) is 0 Å². The van der Waals surface area contributed by atoms with Crippen LogP contribution in [0.3, 0.4) is 0 Å². The van der Waals surface area contributed by atoms with Crippen molar-refractivity contribution in [2.45, 2.75) is 284 Å². The second kappa shape index (κ2) is 37.4. The number of nitrogens with one attached hydrogen (secondary N) is 1. The van der Waals surface area contributed by atoms with Crippen LogP contribution in [0.15, 0.2) is 0 Å². The molecule has 0 radical (unpaired) electrons. The molecule has 2 rings (SSSR count). The van der Waals surface area contributed by atoms with E-state index in [4.69, 9.17) is 14.2 Å². The minimum atomic E-state index is -0.632. The summed E-state index contributed by atoms with van der Waals surface area (Å²) < 4.78 is 16.7. The molecule has 0 aliphatic carbocycles. The Balaban J connectivity index is 0.000000634. The monoisotopic (exact) mass is 850 g/mol. The van der Waals surface area contributed by atoms with Crippen molar-refractivity contribution in [3.63, 3.8) is 0 Å². The zero-order chi connectivity index (χ0) is 44.2. The molecule has 2 aliphatic rings. The average molecular weight is 850 g/mol. The summed E-state index contributed by atoms with van der Waals surface area (Å²) in [7, 11) is 0. The highest BCUT2D eigenvalue weighted by molar-refractivity contribution is 5.79. The molecule has 9 heteroatoms. The van der Waals surface area contributed by atoms with Crippen LogP contribution in [0.1, 0.15) is 253 Å². The molecule has 352 valence electrons. The molecule has 1 amide bonds. The fraction of sp³-hybridized carbons (Fsp3) is 0.922. The molecule has 60 heavy (non-hydrogen) atoms. The van der Waals surface area contributed by atoms with E-state index in [1.807, 2.05) is 13.8 Å². The molecule has 2 N–H and O–H groups in total. The fourth-order valence-electron chi connectivity index (χ4n) is 8.69. The molecule has 0 bridgehead atoms. The Morgan fingerprint density at radius 3 is 1.38 bits per heavy atom. The molecule has 7 atom stereocenters. The molecule has 0 saturated carbocycles. The first kappa shape index (κ1) is 55.9. The maximum absolute atomic E-state index is 12.9. The van der Waals surface area contributed by atoms with Crippen molar-refractivity contribution >= 4 is 24.3 Å². The van der Waals surface area contributed by atoms with Crippen LogP contribution in [0.25, 0.3) is 0 Å². The summed E-state index contributed by atoms with van der Waals surface area (Å²) in [5, 5.41) is 12.8. The third kappa shape index (κ3) is 27.0. The van der Waals surface area contributed by atoms with E-state index in [2.05, 4.69) is 33.0 Å². The molecule has 0 spiro atoms. The number of carbonyl (C=O) groups is 4. The van der Waals surface area contributed by atoms with Crippen molar-refractivity contribution in [3.05, 3.63) is 0 Å². The second-order valence-electron chi connectivity index (χ2n) is 18.7. The Labute approximate surface area is 368 Å². The number of carbonyl (C=O) groups excluding carboxylic acids is 4. The smallest absolute Gasteiger partial charge is 0.328 e. The van der Waals surface area contributed by atoms with Gasteiger partial charge in [0.2, 0.25) is 6.41 Å². The zero-order valence-corrected chi connectivity index (χ0v) is 39.8. The highest BCUT2D eigenvalue weighted by atomic mass is 16.6. The number of hydrogen-bond donors (Lipinski definition) is 2. The SMILES string of the molecule is CCCCCCCCCCC[C@@H](C[C@@H]1OC(=O)[C@H]1CCCCCC)OC(=O)[C@H](CC(C)C)NC=O.CCCCCCCCCCC[C@@H](O)C[C@@H]1OC(=O)[C@H]1CCCCCC. The minimum Gasteiger partial charge on any atom is -0.461 e. The molecule has 0 aromatic rings. The van der Waals surface area contributed by atoms with E-state index in [1.54, 1.807) is 0 Å². The van der Waals surface area contributed by atoms with Crippen molar-refractivity contribution in [1.29, 1.82) is 0 Å². The predicted molar refractivity (Wildman–Crippen MR) is 246 cm³/mol. The Hall–Kier alpha value is -2.16. The molecule has 0 aromatic heterocycles. The minimum absolute atomic E-state index is 0.0253. The van der Waals surface area contributed by atoms with Gasteiger partial charge in [0.1, 0.15) is 24.4 Å². The van der Waals surface area contributed by atoms with Crippen LogP contribution in [-0.4, -0.2) is 59.9 Å². The maximum atomic E-state index is 12.9. The van der Waals surface area contributed by atoms with E-state index in [0.29, 0.717) is 25.7 Å². The highest BCUT2D eigenvalue weighted by Crippen LogP contribution is 2.34. The van der Waals surface area contributed by atoms with Crippen LogP contribution in [0.2, 0.25) is 0 Å². The summed E-state index contributed by atoms with van der Waals surface area (Å²) in [5.74, 6) is -0.296. The Morgan fingerprint density at radius 1 is 0.600 bits per heavy atom. The van der Waals surface area contributed by atoms with Crippen molar-refractivity contribution in [3.8, 4) is 0 Å². The number of hydrogen-bond acceptors (Lipinski definition) is 8. The Kier molecular flexibility index (Phi) is 34.8. The third-order valence-corrected chi connectivity index (χ3v) is 12.6. The first-order valence-electron chi connectivity index (χ1n) is 25.6. The number of amides is 1. The molecule has 0 unspecified atom stereocenters. The van der Waals surface area contributed by atoms with E-state index in [9.17, 15) is 24.3 Å². The van der Waals surface area contributed by atoms with Crippen molar-refractivity contribution < 1.29 is 38.5 Å². The Bertz CT molecular complexity index is 1070. The largest absolute Gasteiger partial charge is 0.461 e. The first-order valence-corrected chi connectivity index (χ1v) is 25.6. The maximum Gasteiger partial charge on any atom is 0.328 e. The van der Waals surface area contributed by atoms with Crippen molar-refractivity contribution in [1.82, 2.24) is 5.32 Å². The number of aliphatic hydroxyl groups is 1. The van der Waals surface area contributed by atoms with Gasteiger partial charge in [-0.3, -0.25) is 14.4 Å². The summed E-state index contributed by atoms with van der Waals surface area (Å²) in [5.41, 5.74) is 0. The van der Waals surface area contributed by atoms with E-state index < -0.39 is 6.04 Å². The highest BCUT2D eigenvalue weighted by Gasteiger charge is 2.44. The van der Waals surface area contributed by atoms with Crippen molar-refractivity contribution in [2.75, 3.05) is 0 Å². The molecule has 2 aliphatic heterocycles. The predicted octanol–water partition coefficient (Wildman–Crippen LogP) is 13.1. The Morgan fingerprint density at radius 2 is 0.983 bits per heavy atom. The average Bonchev–Trinajstić information content (AvgIpc) is 3.21. The molecule has 2 heterocycles. The third-order valence-electron chi connectivity index (χ3n) is 12.6. The molecular formula is C51H95NO8.